The van der Waals surface area contributed by atoms with Gasteiger partial charge in [-0.25, -0.2) is 13.6 Å². The van der Waals surface area contributed by atoms with Crippen LogP contribution in [0, 0.1) is 0 Å². The highest BCUT2D eigenvalue weighted by atomic mass is 32.2. The smallest absolute Gasteiger partial charge is 0.238 e. The number of hydrogen-bond acceptors (Lipinski definition) is 4. The average Bonchev–Trinajstić information content (AvgIpc) is 2.15. The van der Waals surface area contributed by atoms with Crippen LogP contribution >= 0.6 is 0 Å². The summed E-state index contributed by atoms with van der Waals surface area (Å²) in [5.74, 6) is -0.445. The molecule has 4 N–H and O–H groups in total. The highest BCUT2D eigenvalue weighted by molar-refractivity contribution is 7.89. The summed E-state index contributed by atoms with van der Waals surface area (Å²) in [4.78, 5) is 11.4. The number of carbonyl (C=O) groups is 1. The second-order valence-electron chi connectivity index (χ2n) is 3.19. The van der Waals surface area contributed by atoms with E-state index in [4.69, 9.17) is 10.9 Å². The van der Waals surface area contributed by atoms with Crippen LogP contribution in [-0.4, -0.2) is 20.2 Å². The number of rotatable bonds is 3. The minimum absolute atomic E-state index is 0.0370. The van der Waals surface area contributed by atoms with Crippen LogP contribution in [-0.2, 0) is 10.0 Å². The summed E-state index contributed by atoms with van der Waals surface area (Å²) in [5.41, 5.74) is 5.43. The number of ketones is 1. The van der Waals surface area contributed by atoms with Crippen molar-refractivity contribution in [2.45, 2.75) is 17.9 Å². The van der Waals surface area contributed by atoms with Gasteiger partial charge in [-0.2, -0.15) is 0 Å². The van der Waals surface area contributed by atoms with Crippen LogP contribution in [0.15, 0.2) is 29.2 Å². The standard InChI is InChI=1S/C9H12N2O3S/c1-6(10)9(12)7-4-2-3-5-8(7)15(11,13)14/h2-6H,10H2,1H3,(H2,11,13,14)/t6-/m1/s1. The minimum atomic E-state index is -3.89. The second-order valence-corrected chi connectivity index (χ2v) is 4.72. The zero-order valence-electron chi connectivity index (χ0n) is 8.17. The molecule has 0 aliphatic rings. The first kappa shape index (κ1) is 11.8. The van der Waals surface area contributed by atoms with Gasteiger partial charge in [0, 0.05) is 5.56 Å². The van der Waals surface area contributed by atoms with Crippen LogP contribution in [0.25, 0.3) is 0 Å². The number of primary sulfonamides is 1. The van der Waals surface area contributed by atoms with Crippen molar-refractivity contribution in [3.05, 3.63) is 29.8 Å². The minimum Gasteiger partial charge on any atom is -0.321 e. The van der Waals surface area contributed by atoms with Gasteiger partial charge in [0.1, 0.15) is 0 Å². The fourth-order valence-electron chi connectivity index (χ4n) is 1.16. The van der Waals surface area contributed by atoms with E-state index >= 15 is 0 Å². The summed E-state index contributed by atoms with van der Waals surface area (Å²) < 4.78 is 22.3. The van der Waals surface area contributed by atoms with Gasteiger partial charge in [0.15, 0.2) is 5.78 Å². The zero-order valence-corrected chi connectivity index (χ0v) is 8.99. The fraction of sp³-hybridized carbons (Fsp3) is 0.222. The van der Waals surface area contributed by atoms with Gasteiger partial charge in [-0.1, -0.05) is 12.1 Å². The molecule has 0 bridgehead atoms. The van der Waals surface area contributed by atoms with E-state index in [1.54, 1.807) is 6.07 Å². The Kier molecular flexibility index (Phi) is 3.23. The van der Waals surface area contributed by atoms with Crippen LogP contribution in [0.4, 0.5) is 0 Å². The van der Waals surface area contributed by atoms with E-state index in [1.807, 2.05) is 0 Å². The van der Waals surface area contributed by atoms with E-state index in [0.717, 1.165) is 0 Å². The molecule has 82 valence electrons. The van der Waals surface area contributed by atoms with Crippen molar-refractivity contribution < 1.29 is 13.2 Å². The van der Waals surface area contributed by atoms with Crippen molar-refractivity contribution in [1.82, 2.24) is 0 Å². The number of Topliss-reactive ketones (excluding diaryl/α,β-unsaturated/α-hetero) is 1. The number of sulfonamides is 1. The molecule has 0 saturated carbocycles. The SMILES string of the molecule is C[C@@H](N)C(=O)c1ccccc1S(N)(=O)=O. The molecule has 0 aliphatic heterocycles. The summed E-state index contributed by atoms with van der Waals surface area (Å²) in [7, 11) is -3.89. The van der Waals surface area contributed by atoms with Crippen molar-refractivity contribution in [3.63, 3.8) is 0 Å². The van der Waals surface area contributed by atoms with Gasteiger partial charge < -0.3 is 5.73 Å². The Labute approximate surface area is 88.1 Å². The number of hydrogen-bond donors (Lipinski definition) is 2. The number of nitrogens with two attached hydrogens (primary N) is 2. The van der Waals surface area contributed by atoms with E-state index in [1.165, 1.54) is 25.1 Å². The third-order valence-electron chi connectivity index (χ3n) is 1.87. The van der Waals surface area contributed by atoms with Crippen molar-refractivity contribution in [2.24, 2.45) is 10.9 Å². The largest absolute Gasteiger partial charge is 0.321 e. The Hall–Kier alpha value is -1.24. The maximum atomic E-state index is 11.6. The van der Waals surface area contributed by atoms with E-state index in [2.05, 4.69) is 0 Å². The molecule has 0 aromatic heterocycles. The third kappa shape index (κ3) is 2.62. The molecule has 1 aromatic rings. The molecule has 0 saturated heterocycles. The Balaban J connectivity index is 3.38. The molecular weight excluding hydrogens is 216 g/mol. The average molecular weight is 228 g/mol. The number of carbonyl (C=O) groups excluding carboxylic acids is 1. The van der Waals surface area contributed by atoms with Crippen molar-refractivity contribution in [3.8, 4) is 0 Å². The predicted octanol–water partition coefficient (Wildman–Crippen LogP) is -0.136. The van der Waals surface area contributed by atoms with Gasteiger partial charge in [-0.3, -0.25) is 4.79 Å². The Bertz CT molecular complexity index is 480. The van der Waals surface area contributed by atoms with Crippen molar-refractivity contribution in [2.75, 3.05) is 0 Å². The molecule has 0 heterocycles. The molecule has 1 rings (SSSR count). The predicted molar refractivity (Wildman–Crippen MR) is 55.8 cm³/mol. The first-order chi connectivity index (χ1) is 6.84. The lowest BCUT2D eigenvalue weighted by Crippen LogP contribution is -2.28. The Morgan fingerprint density at radius 3 is 2.33 bits per heavy atom. The molecule has 6 heteroatoms. The topological polar surface area (TPSA) is 103 Å². The summed E-state index contributed by atoms with van der Waals surface area (Å²) in [6, 6.07) is 4.98. The molecule has 0 fully saturated rings. The molecule has 0 amide bonds. The lowest BCUT2D eigenvalue weighted by molar-refractivity contribution is 0.0964. The van der Waals surface area contributed by atoms with Gasteiger partial charge in [0.2, 0.25) is 10.0 Å². The monoisotopic (exact) mass is 228 g/mol. The van der Waals surface area contributed by atoms with Crippen LogP contribution in [0.2, 0.25) is 0 Å². The fourth-order valence-corrected chi connectivity index (χ4v) is 1.91. The van der Waals surface area contributed by atoms with Crippen LogP contribution in [0.1, 0.15) is 17.3 Å². The molecule has 1 aromatic carbocycles. The van der Waals surface area contributed by atoms with E-state index in [0.29, 0.717) is 0 Å². The molecule has 0 spiro atoms. The lowest BCUT2D eigenvalue weighted by Gasteiger charge is -2.08. The first-order valence-electron chi connectivity index (χ1n) is 4.25. The molecule has 15 heavy (non-hydrogen) atoms. The van der Waals surface area contributed by atoms with Gasteiger partial charge in [0.05, 0.1) is 10.9 Å². The molecule has 0 radical (unpaired) electrons. The summed E-state index contributed by atoms with van der Waals surface area (Å²) in [6.07, 6.45) is 0. The first-order valence-corrected chi connectivity index (χ1v) is 5.80. The van der Waals surface area contributed by atoms with Gasteiger partial charge in [0.25, 0.3) is 0 Å². The van der Waals surface area contributed by atoms with E-state index in [-0.39, 0.29) is 10.5 Å². The van der Waals surface area contributed by atoms with Crippen LogP contribution < -0.4 is 10.9 Å². The van der Waals surface area contributed by atoms with Crippen molar-refractivity contribution >= 4 is 15.8 Å². The third-order valence-corrected chi connectivity index (χ3v) is 2.84. The van der Waals surface area contributed by atoms with Crippen LogP contribution in [0.3, 0.4) is 0 Å². The summed E-state index contributed by atoms with van der Waals surface area (Å²) >= 11 is 0. The van der Waals surface area contributed by atoms with Gasteiger partial charge in [-0.15, -0.1) is 0 Å². The molecular formula is C9H12N2O3S. The maximum Gasteiger partial charge on any atom is 0.238 e. The highest BCUT2D eigenvalue weighted by Gasteiger charge is 2.20. The van der Waals surface area contributed by atoms with E-state index < -0.39 is 21.8 Å². The van der Waals surface area contributed by atoms with Crippen LogP contribution in [0.5, 0.6) is 0 Å². The zero-order chi connectivity index (χ0) is 11.6. The normalized spacial score (nSPS) is 13.5. The van der Waals surface area contributed by atoms with Gasteiger partial charge in [-0.05, 0) is 19.1 Å². The summed E-state index contributed by atoms with van der Waals surface area (Å²) in [6.45, 7) is 1.49. The van der Waals surface area contributed by atoms with E-state index in [9.17, 15) is 13.2 Å². The quantitative estimate of drug-likeness (QED) is 0.703. The molecule has 0 unspecified atom stereocenters. The van der Waals surface area contributed by atoms with Crippen molar-refractivity contribution in [1.29, 1.82) is 0 Å². The molecule has 5 nitrogen and oxygen atoms in total. The maximum absolute atomic E-state index is 11.6. The second kappa shape index (κ2) is 4.09. The Morgan fingerprint density at radius 1 is 1.33 bits per heavy atom. The summed E-state index contributed by atoms with van der Waals surface area (Å²) in [5, 5.41) is 4.97. The number of benzene rings is 1. The lowest BCUT2D eigenvalue weighted by atomic mass is 10.1. The molecule has 1 atom stereocenters. The molecule has 0 aliphatic carbocycles. The Morgan fingerprint density at radius 2 is 1.87 bits per heavy atom. The highest BCUT2D eigenvalue weighted by Crippen LogP contribution is 2.15. The van der Waals surface area contributed by atoms with Gasteiger partial charge >= 0.3 is 0 Å².